The van der Waals surface area contributed by atoms with Crippen molar-refractivity contribution in [1.82, 2.24) is 5.32 Å². The molecule has 2 aromatic rings. The normalized spacial score (nSPS) is 16.6. The molecule has 1 fully saturated rings. The van der Waals surface area contributed by atoms with Crippen molar-refractivity contribution in [1.29, 1.82) is 0 Å². The number of carbonyl (C=O) groups excluding carboxylic acids is 2. The summed E-state index contributed by atoms with van der Waals surface area (Å²) in [5.41, 5.74) is 2.73. The summed E-state index contributed by atoms with van der Waals surface area (Å²) in [6, 6.07) is 15.1. The van der Waals surface area contributed by atoms with E-state index in [4.69, 9.17) is 16.3 Å². The van der Waals surface area contributed by atoms with Crippen LogP contribution < -0.4 is 10.2 Å². The number of carbonyl (C=O) groups is 2. The molecule has 1 heterocycles. The molecular weight excluding hydrogens is 364 g/mol. The zero-order valence-electron chi connectivity index (χ0n) is 15.3. The molecule has 3 rings (SSSR count). The van der Waals surface area contributed by atoms with E-state index in [0.717, 1.165) is 11.1 Å². The Balaban J connectivity index is 1.61. The fourth-order valence-corrected chi connectivity index (χ4v) is 3.43. The topological polar surface area (TPSA) is 58.6 Å². The molecule has 1 saturated heterocycles. The average molecular weight is 387 g/mol. The number of rotatable bonds is 7. The van der Waals surface area contributed by atoms with Crippen molar-refractivity contribution >= 4 is 29.1 Å². The Morgan fingerprint density at radius 3 is 2.63 bits per heavy atom. The lowest BCUT2D eigenvalue weighted by atomic mass is 10.1. The van der Waals surface area contributed by atoms with Crippen LogP contribution in [0.3, 0.4) is 0 Å². The maximum Gasteiger partial charge on any atom is 0.227 e. The van der Waals surface area contributed by atoms with Gasteiger partial charge in [-0.1, -0.05) is 48.0 Å². The highest BCUT2D eigenvalue weighted by Gasteiger charge is 2.35. The van der Waals surface area contributed by atoms with Gasteiger partial charge >= 0.3 is 0 Å². The standard InChI is InChI=1S/C21H23ClN2O3/c1-2-27-14-16-8-4-3-7-15(16)12-23-21(26)17-11-20(25)24(13-17)19-10-6-5-9-18(19)22/h3-10,17H,2,11-14H2,1H3,(H,23,26)/t17-/m1/s1. The zero-order valence-corrected chi connectivity index (χ0v) is 16.0. The maximum atomic E-state index is 12.6. The van der Waals surface area contributed by atoms with Gasteiger partial charge in [-0.2, -0.15) is 0 Å². The molecule has 5 nitrogen and oxygen atoms in total. The molecule has 2 amide bonds. The van der Waals surface area contributed by atoms with Crippen molar-refractivity contribution in [3.8, 4) is 0 Å². The lowest BCUT2D eigenvalue weighted by Crippen LogP contribution is -2.33. The van der Waals surface area contributed by atoms with Gasteiger partial charge in [-0.05, 0) is 30.2 Å². The number of halogens is 1. The molecule has 0 aromatic heterocycles. The number of hydrogen-bond donors (Lipinski definition) is 1. The van der Waals surface area contributed by atoms with Crippen molar-refractivity contribution in [2.75, 3.05) is 18.1 Å². The van der Waals surface area contributed by atoms with E-state index in [9.17, 15) is 9.59 Å². The van der Waals surface area contributed by atoms with E-state index in [2.05, 4.69) is 5.32 Å². The van der Waals surface area contributed by atoms with Gasteiger partial charge in [0.25, 0.3) is 0 Å². The van der Waals surface area contributed by atoms with Gasteiger partial charge in [-0.15, -0.1) is 0 Å². The first-order chi connectivity index (χ1) is 13.1. The molecule has 0 radical (unpaired) electrons. The molecule has 1 aliphatic rings. The lowest BCUT2D eigenvalue weighted by molar-refractivity contribution is -0.126. The number of ether oxygens (including phenoxy) is 1. The van der Waals surface area contributed by atoms with Crippen molar-refractivity contribution < 1.29 is 14.3 Å². The molecule has 0 aliphatic carbocycles. The van der Waals surface area contributed by atoms with Crippen LogP contribution in [0.2, 0.25) is 5.02 Å². The second-order valence-corrected chi connectivity index (χ2v) is 6.89. The Morgan fingerprint density at radius 2 is 1.89 bits per heavy atom. The third-order valence-electron chi connectivity index (χ3n) is 4.67. The SMILES string of the molecule is CCOCc1ccccc1CNC(=O)[C@@H]1CC(=O)N(c2ccccc2Cl)C1. The Hall–Kier alpha value is -2.37. The van der Waals surface area contributed by atoms with Gasteiger partial charge in [0.15, 0.2) is 0 Å². The Labute approximate surface area is 164 Å². The molecule has 27 heavy (non-hydrogen) atoms. The summed E-state index contributed by atoms with van der Waals surface area (Å²) in [6.45, 7) is 3.87. The summed E-state index contributed by atoms with van der Waals surface area (Å²) in [5.74, 6) is -0.586. The van der Waals surface area contributed by atoms with E-state index in [0.29, 0.717) is 37.0 Å². The molecule has 0 bridgehead atoms. The van der Waals surface area contributed by atoms with Crippen LogP contribution in [-0.4, -0.2) is 25.0 Å². The van der Waals surface area contributed by atoms with Crippen molar-refractivity contribution in [3.63, 3.8) is 0 Å². The summed E-state index contributed by atoms with van der Waals surface area (Å²) in [6.07, 6.45) is 0.192. The van der Waals surface area contributed by atoms with E-state index in [1.54, 1.807) is 17.0 Å². The summed E-state index contributed by atoms with van der Waals surface area (Å²) < 4.78 is 5.48. The van der Waals surface area contributed by atoms with Gasteiger partial charge in [-0.25, -0.2) is 0 Å². The predicted molar refractivity (Wildman–Crippen MR) is 106 cm³/mol. The minimum atomic E-state index is -0.382. The second-order valence-electron chi connectivity index (χ2n) is 6.48. The van der Waals surface area contributed by atoms with E-state index in [-0.39, 0.29) is 24.2 Å². The van der Waals surface area contributed by atoms with E-state index >= 15 is 0 Å². The first-order valence-electron chi connectivity index (χ1n) is 9.07. The van der Waals surface area contributed by atoms with Crippen LogP contribution in [0.25, 0.3) is 0 Å². The van der Waals surface area contributed by atoms with Crippen molar-refractivity contribution in [3.05, 3.63) is 64.7 Å². The van der Waals surface area contributed by atoms with Gasteiger partial charge in [0.05, 0.1) is 23.2 Å². The molecule has 0 spiro atoms. The number of nitrogens with zero attached hydrogens (tertiary/aromatic N) is 1. The third-order valence-corrected chi connectivity index (χ3v) is 4.99. The number of benzene rings is 2. The molecule has 6 heteroatoms. The van der Waals surface area contributed by atoms with Crippen LogP contribution in [0.1, 0.15) is 24.5 Å². The van der Waals surface area contributed by atoms with Crippen LogP contribution in [0.15, 0.2) is 48.5 Å². The van der Waals surface area contributed by atoms with Crippen LogP contribution in [0, 0.1) is 5.92 Å². The highest BCUT2D eigenvalue weighted by molar-refractivity contribution is 6.33. The van der Waals surface area contributed by atoms with Crippen LogP contribution >= 0.6 is 11.6 Å². The highest BCUT2D eigenvalue weighted by Crippen LogP contribution is 2.31. The molecule has 142 valence electrons. The number of hydrogen-bond acceptors (Lipinski definition) is 3. The highest BCUT2D eigenvalue weighted by atomic mass is 35.5. The smallest absolute Gasteiger partial charge is 0.227 e. The quantitative estimate of drug-likeness (QED) is 0.791. The van der Waals surface area contributed by atoms with E-state index in [1.165, 1.54) is 0 Å². The number of nitrogens with one attached hydrogen (secondary N) is 1. The molecule has 0 saturated carbocycles. The minimum Gasteiger partial charge on any atom is -0.377 e. The summed E-state index contributed by atoms with van der Waals surface area (Å²) in [5, 5.41) is 3.47. The molecule has 1 atom stereocenters. The third kappa shape index (κ3) is 4.67. The first-order valence-corrected chi connectivity index (χ1v) is 9.45. The van der Waals surface area contributed by atoms with Gasteiger partial charge in [0.1, 0.15) is 0 Å². The summed E-state index contributed by atoms with van der Waals surface area (Å²) in [4.78, 5) is 26.5. The van der Waals surface area contributed by atoms with E-state index in [1.807, 2.05) is 43.3 Å². The Kier molecular flexibility index (Phi) is 6.48. The van der Waals surface area contributed by atoms with Crippen LogP contribution in [0.4, 0.5) is 5.69 Å². The average Bonchev–Trinajstić information content (AvgIpc) is 3.07. The zero-order chi connectivity index (χ0) is 19.2. The predicted octanol–water partition coefficient (Wildman–Crippen LogP) is 3.55. The largest absolute Gasteiger partial charge is 0.377 e. The minimum absolute atomic E-state index is 0.0833. The van der Waals surface area contributed by atoms with Crippen LogP contribution in [0.5, 0.6) is 0 Å². The molecule has 0 unspecified atom stereocenters. The van der Waals surface area contributed by atoms with Crippen molar-refractivity contribution in [2.24, 2.45) is 5.92 Å². The second kappa shape index (κ2) is 9.02. The van der Waals surface area contributed by atoms with Gasteiger partial charge in [0.2, 0.25) is 11.8 Å². The van der Waals surface area contributed by atoms with Gasteiger partial charge in [0, 0.05) is 26.1 Å². The van der Waals surface area contributed by atoms with Gasteiger partial charge < -0.3 is 15.0 Å². The fourth-order valence-electron chi connectivity index (χ4n) is 3.20. The Bertz CT molecular complexity index is 825. The molecule has 2 aromatic carbocycles. The monoisotopic (exact) mass is 386 g/mol. The number of para-hydroxylation sites is 1. The first kappa shape index (κ1) is 19.4. The molecular formula is C21H23ClN2O3. The summed E-state index contributed by atoms with van der Waals surface area (Å²) in [7, 11) is 0. The number of anilines is 1. The fraction of sp³-hybridized carbons (Fsp3) is 0.333. The molecule has 1 N–H and O–H groups in total. The Morgan fingerprint density at radius 1 is 1.19 bits per heavy atom. The maximum absolute atomic E-state index is 12.6. The van der Waals surface area contributed by atoms with Crippen LogP contribution in [-0.2, 0) is 27.5 Å². The summed E-state index contributed by atoms with van der Waals surface area (Å²) >= 11 is 6.19. The lowest BCUT2D eigenvalue weighted by Gasteiger charge is -2.18. The number of amides is 2. The van der Waals surface area contributed by atoms with Gasteiger partial charge in [-0.3, -0.25) is 9.59 Å². The van der Waals surface area contributed by atoms with E-state index < -0.39 is 0 Å². The van der Waals surface area contributed by atoms with Crippen molar-refractivity contribution in [2.45, 2.75) is 26.5 Å². The molecule has 1 aliphatic heterocycles.